The molecule has 0 atom stereocenters. The monoisotopic (exact) mass is 227 g/mol. The van der Waals surface area contributed by atoms with E-state index in [9.17, 15) is 9.59 Å². The fourth-order valence-electron chi connectivity index (χ4n) is 1.92. The van der Waals surface area contributed by atoms with Gasteiger partial charge in [-0.25, -0.2) is 9.59 Å². The molecule has 0 heterocycles. The van der Waals surface area contributed by atoms with E-state index in [1.165, 1.54) is 6.47 Å². The molecule has 4 heteroatoms. The van der Waals surface area contributed by atoms with Crippen LogP contribution in [0.1, 0.15) is 46.0 Å². The smallest absolute Gasteiger partial charge is 0.418 e. The quantitative estimate of drug-likeness (QED) is 0.674. The number of ether oxygens (including phenoxy) is 2. The predicted octanol–water partition coefficient (Wildman–Crippen LogP) is 1.97. The van der Waals surface area contributed by atoms with Crippen LogP contribution in [0.4, 0.5) is 0 Å². The third-order valence-electron chi connectivity index (χ3n) is 2.82. The zero-order valence-electron chi connectivity index (χ0n) is 9.95. The van der Waals surface area contributed by atoms with Crippen LogP contribution in [-0.4, -0.2) is 24.6 Å². The van der Waals surface area contributed by atoms with Crippen molar-refractivity contribution in [2.75, 3.05) is 6.61 Å². The van der Waals surface area contributed by atoms with Crippen LogP contribution in [0.3, 0.4) is 0 Å². The molecule has 0 bridgehead atoms. The summed E-state index contributed by atoms with van der Waals surface area (Å²) in [4.78, 5) is 22.3. The molecule has 16 heavy (non-hydrogen) atoms. The van der Waals surface area contributed by atoms with E-state index in [0.717, 1.165) is 19.3 Å². The van der Waals surface area contributed by atoms with Gasteiger partial charge in [-0.2, -0.15) is 0 Å². The molecule has 0 saturated heterocycles. The lowest BCUT2D eigenvalue weighted by Crippen LogP contribution is -2.44. The van der Waals surface area contributed by atoms with Gasteiger partial charge in [0.25, 0.3) is 0 Å². The summed E-state index contributed by atoms with van der Waals surface area (Å²) in [5.41, 5.74) is -1.06. The zero-order chi connectivity index (χ0) is 12.0. The van der Waals surface area contributed by atoms with Gasteiger partial charge in [0.1, 0.15) is 0 Å². The van der Waals surface area contributed by atoms with Crippen molar-refractivity contribution in [1.29, 1.82) is 0 Å². The first-order valence-electron chi connectivity index (χ1n) is 5.83. The van der Waals surface area contributed by atoms with Gasteiger partial charge >= 0.3 is 12.4 Å². The summed E-state index contributed by atoms with van der Waals surface area (Å²) in [5, 5.41) is 0. The third kappa shape index (κ3) is 3.22. The summed E-state index contributed by atoms with van der Waals surface area (Å²) in [5.74, 6) is -0.131. The first-order valence-corrected chi connectivity index (χ1v) is 5.83. The van der Waals surface area contributed by atoms with Gasteiger partial charge in [-0.05, 0) is 31.6 Å². The molecule has 1 saturated carbocycles. The Morgan fingerprint density at radius 1 is 1.31 bits per heavy atom. The molecule has 1 aliphatic carbocycles. The Hall–Kier alpha value is -1.06. The van der Waals surface area contributed by atoms with E-state index in [1.54, 1.807) is 0 Å². The summed E-state index contributed by atoms with van der Waals surface area (Å²) in [7, 11) is 0. The molecular weight excluding hydrogens is 208 g/mol. The number of carbonyl (C=O) groups excluding carboxylic acids is 2. The Bertz CT molecular complexity index is 241. The molecule has 1 rings (SSSR count). The summed E-state index contributed by atoms with van der Waals surface area (Å²) in [6.07, 6.45) is 3.96. The van der Waals surface area contributed by atoms with Crippen LogP contribution in [0.2, 0.25) is 0 Å². The van der Waals surface area contributed by atoms with Gasteiger partial charge in [-0.15, -0.1) is 0 Å². The number of hydrogen-bond acceptors (Lipinski definition) is 4. The lowest BCUT2D eigenvalue weighted by molar-refractivity contribution is -0.168. The number of carbonyl (C=O) groups is 1. The van der Waals surface area contributed by atoms with E-state index < -0.39 is 11.6 Å². The molecule has 0 spiro atoms. The standard InChI is InChI=1S/C12H19O4/c1-10(2)8-15-11(14)12(16-9-13)6-4-3-5-7-12/h10H,3-8H2,1-2H3. The Kier molecular flexibility index (Phi) is 4.77. The van der Waals surface area contributed by atoms with E-state index in [0.29, 0.717) is 19.4 Å². The maximum absolute atomic E-state index is 11.9. The van der Waals surface area contributed by atoms with E-state index in [4.69, 9.17) is 9.47 Å². The molecule has 0 aromatic rings. The molecule has 0 aliphatic heterocycles. The number of esters is 1. The molecule has 91 valence electrons. The minimum atomic E-state index is -1.06. The van der Waals surface area contributed by atoms with Crippen molar-refractivity contribution < 1.29 is 19.1 Å². The first kappa shape index (κ1) is 13.0. The Labute approximate surface area is 96.3 Å². The second-order valence-electron chi connectivity index (χ2n) is 4.73. The lowest BCUT2D eigenvalue weighted by Gasteiger charge is -2.32. The largest absolute Gasteiger partial charge is 0.462 e. The lowest BCUT2D eigenvalue weighted by atomic mass is 9.84. The van der Waals surface area contributed by atoms with E-state index in [-0.39, 0.29) is 5.92 Å². The van der Waals surface area contributed by atoms with Crippen LogP contribution < -0.4 is 0 Å². The van der Waals surface area contributed by atoms with E-state index in [2.05, 4.69) is 0 Å². The van der Waals surface area contributed by atoms with Gasteiger partial charge in [0.15, 0.2) is 0 Å². The second kappa shape index (κ2) is 5.87. The normalized spacial score (nSPS) is 19.2. The van der Waals surface area contributed by atoms with Crippen molar-refractivity contribution in [2.45, 2.75) is 51.6 Å². The average Bonchev–Trinajstić information content (AvgIpc) is 2.27. The highest BCUT2D eigenvalue weighted by Gasteiger charge is 2.43. The molecule has 0 amide bonds. The second-order valence-corrected chi connectivity index (χ2v) is 4.73. The summed E-state index contributed by atoms with van der Waals surface area (Å²) >= 11 is 0. The minimum Gasteiger partial charge on any atom is -0.462 e. The fraction of sp³-hybridized carbons (Fsp3) is 0.833. The fourth-order valence-corrected chi connectivity index (χ4v) is 1.92. The van der Waals surface area contributed by atoms with Crippen LogP contribution in [0.5, 0.6) is 0 Å². The summed E-state index contributed by atoms with van der Waals surface area (Å²) in [6.45, 7) is 5.69. The van der Waals surface area contributed by atoms with Gasteiger partial charge in [0.2, 0.25) is 5.60 Å². The Morgan fingerprint density at radius 3 is 2.44 bits per heavy atom. The molecule has 0 aromatic heterocycles. The number of rotatable bonds is 5. The molecule has 0 N–H and O–H groups in total. The van der Waals surface area contributed by atoms with E-state index in [1.807, 2.05) is 13.8 Å². The van der Waals surface area contributed by atoms with Crippen molar-refractivity contribution in [3.05, 3.63) is 0 Å². The SMILES string of the molecule is CC(C)COC(=O)C1(O[C]=O)CCCCC1. The maximum Gasteiger partial charge on any atom is 0.418 e. The third-order valence-corrected chi connectivity index (χ3v) is 2.82. The van der Waals surface area contributed by atoms with Crippen LogP contribution in [0.15, 0.2) is 0 Å². The van der Waals surface area contributed by atoms with Crippen LogP contribution in [-0.2, 0) is 19.1 Å². The number of hydrogen-bond donors (Lipinski definition) is 0. The topological polar surface area (TPSA) is 52.6 Å². The predicted molar refractivity (Wildman–Crippen MR) is 58.4 cm³/mol. The zero-order valence-corrected chi connectivity index (χ0v) is 9.95. The van der Waals surface area contributed by atoms with Gasteiger partial charge in [0, 0.05) is 0 Å². The van der Waals surface area contributed by atoms with Gasteiger partial charge < -0.3 is 9.47 Å². The van der Waals surface area contributed by atoms with Gasteiger partial charge in [0.05, 0.1) is 6.61 Å². The van der Waals surface area contributed by atoms with Gasteiger partial charge in [-0.1, -0.05) is 20.3 Å². The van der Waals surface area contributed by atoms with Crippen molar-refractivity contribution in [3.63, 3.8) is 0 Å². The van der Waals surface area contributed by atoms with Crippen molar-refractivity contribution in [2.24, 2.45) is 5.92 Å². The Balaban J connectivity index is 2.60. The van der Waals surface area contributed by atoms with Crippen molar-refractivity contribution >= 4 is 12.4 Å². The average molecular weight is 227 g/mol. The van der Waals surface area contributed by atoms with Crippen LogP contribution in [0, 0.1) is 5.92 Å². The van der Waals surface area contributed by atoms with Crippen molar-refractivity contribution in [1.82, 2.24) is 0 Å². The van der Waals surface area contributed by atoms with E-state index >= 15 is 0 Å². The minimum absolute atomic E-state index is 0.282. The summed E-state index contributed by atoms with van der Waals surface area (Å²) in [6, 6.07) is 0. The van der Waals surface area contributed by atoms with Crippen molar-refractivity contribution in [3.8, 4) is 0 Å². The molecular formula is C12H19O4. The highest BCUT2D eigenvalue weighted by atomic mass is 16.6. The van der Waals surface area contributed by atoms with Crippen LogP contribution in [0.25, 0.3) is 0 Å². The highest BCUT2D eigenvalue weighted by molar-refractivity contribution is 5.81. The summed E-state index contributed by atoms with van der Waals surface area (Å²) < 4.78 is 10.0. The molecule has 4 nitrogen and oxygen atoms in total. The molecule has 0 aromatic carbocycles. The Morgan fingerprint density at radius 2 is 1.94 bits per heavy atom. The first-order chi connectivity index (χ1) is 7.60. The molecule has 0 unspecified atom stereocenters. The maximum atomic E-state index is 11.9. The molecule has 1 fully saturated rings. The van der Waals surface area contributed by atoms with Crippen LogP contribution >= 0.6 is 0 Å². The molecule has 1 aliphatic rings. The molecule has 1 radical (unpaired) electrons. The highest BCUT2D eigenvalue weighted by Crippen LogP contribution is 2.32. The van der Waals surface area contributed by atoms with Gasteiger partial charge in [-0.3, -0.25) is 0 Å².